The molecule has 2 nitrogen and oxygen atoms in total. The van der Waals surface area contributed by atoms with Gasteiger partial charge in [-0.3, -0.25) is 4.99 Å². The van der Waals surface area contributed by atoms with Crippen molar-refractivity contribution >= 4 is 5.84 Å². The molecular formula is C13H22N2. The number of hydrogen-bond donors (Lipinski definition) is 0. The minimum atomic E-state index is 0.796. The normalized spacial score (nSPS) is 25.7. The molecule has 0 aromatic heterocycles. The average molecular weight is 206 g/mol. The zero-order valence-corrected chi connectivity index (χ0v) is 10.2. The summed E-state index contributed by atoms with van der Waals surface area (Å²) < 4.78 is 0. The van der Waals surface area contributed by atoms with Gasteiger partial charge < -0.3 is 4.90 Å². The van der Waals surface area contributed by atoms with Crippen LogP contribution in [-0.4, -0.2) is 30.4 Å². The molecule has 1 heterocycles. The van der Waals surface area contributed by atoms with Crippen molar-refractivity contribution in [2.75, 3.05) is 19.6 Å². The van der Waals surface area contributed by atoms with Crippen molar-refractivity contribution < 1.29 is 0 Å². The maximum atomic E-state index is 4.65. The summed E-state index contributed by atoms with van der Waals surface area (Å²) in [5, 5.41) is 0. The van der Waals surface area contributed by atoms with Gasteiger partial charge in [0.15, 0.2) is 0 Å². The highest BCUT2D eigenvalue weighted by Gasteiger charge is 2.27. The Bertz CT molecular complexity index is 302. The molecule has 15 heavy (non-hydrogen) atoms. The maximum Gasteiger partial charge on any atom is 0.0992 e. The summed E-state index contributed by atoms with van der Waals surface area (Å²) in [6.07, 6.45) is 3.63. The van der Waals surface area contributed by atoms with Crippen LogP contribution in [0.1, 0.15) is 40.0 Å². The first-order chi connectivity index (χ1) is 7.24. The Morgan fingerprint density at radius 3 is 2.73 bits per heavy atom. The highest BCUT2D eigenvalue weighted by molar-refractivity contribution is 5.83. The standard InChI is InChI=1S/C13H22N2/c1-4-15-9-5-8-14-13(15)7-6-12-10(2)11(12)3/h10H,4-9H2,1-3H3. The van der Waals surface area contributed by atoms with Crippen LogP contribution in [0.5, 0.6) is 0 Å². The van der Waals surface area contributed by atoms with Gasteiger partial charge in [-0.1, -0.05) is 18.1 Å². The first kappa shape index (κ1) is 10.7. The van der Waals surface area contributed by atoms with E-state index in [2.05, 4.69) is 30.7 Å². The predicted octanol–water partition coefficient (Wildman–Crippen LogP) is 2.86. The van der Waals surface area contributed by atoms with Crippen molar-refractivity contribution in [1.82, 2.24) is 4.90 Å². The molecule has 84 valence electrons. The number of allylic oxidation sites excluding steroid dienone is 2. The van der Waals surface area contributed by atoms with Crippen LogP contribution in [0, 0.1) is 5.92 Å². The van der Waals surface area contributed by atoms with Gasteiger partial charge in [0.1, 0.15) is 0 Å². The van der Waals surface area contributed by atoms with Gasteiger partial charge in [-0.25, -0.2) is 0 Å². The molecule has 0 saturated heterocycles. The van der Waals surface area contributed by atoms with Crippen molar-refractivity contribution in [2.24, 2.45) is 10.9 Å². The zero-order chi connectivity index (χ0) is 10.8. The summed E-state index contributed by atoms with van der Waals surface area (Å²) in [7, 11) is 0. The number of hydrogen-bond acceptors (Lipinski definition) is 2. The lowest BCUT2D eigenvalue weighted by atomic mass is 10.1. The third-order valence-electron chi connectivity index (χ3n) is 3.84. The van der Waals surface area contributed by atoms with E-state index in [4.69, 9.17) is 0 Å². The first-order valence-corrected chi connectivity index (χ1v) is 6.21. The summed E-state index contributed by atoms with van der Waals surface area (Å²) in [6.45, 7) is 10.2. The molecule has 0 radical (unpaired) electrons. The molecular weight excluding hydrogens is 184 g/mol. The third-order valence-corrected chi connectivity index (χ3v) is 3.84. The molecule has 2 rings (SSSR count). The minimum absolute atomic E-state index is 0.796. The van der Waals surface area contributed by atoms with Crippen LogP contribution in [0.2, 0.25) is 0 Å². The number of amidine groups is 1. The Labute approximate surface area is 93.1 Å². The minimum Gasteiger partial charge on any atom is -0.361 e. The van der Waals surface area contributed by atoms with Gasteiger partial charge in [-0.05, 0) is 32.6 Å². The molecule has 0 aromatic rings. The maximum absolute atomic E-state index is 4.65. The Morgan fingerprint density at radius 1 is 1.40 bits per heavy atom. The summed E-state index contributed by atoms with van der Waals surface area (Å²) in [6, 6.07) is 0. The second-order valence-corrected chi connectivity index (χ2v) is 4.66. The van der Waals surface area contributed by atoms with Gasteiger partial charge in [-0.2, -0.15) is 0 Å². The molecule has 2 heteroatoms. The fourth-order valence-corrected chi connectivity index (χ4v) is 2.49. The van der Waals surface area contributed by atoms with Crippen LogP contribution in [0.25, 0.3) is 0 Å². The Balaban J connectivity index is 1.85. The molecule has 1 atom stereocenters. The van der Waals surface area contributed by atoms with Crippen LogP contribution in [-0.2, 0) is 0 Å². The lowest BCUT2D eigenvalue weighted by molar-refractivity contribution is 0.404. The van der Waals surface area contributed by atoms with E-state index in [1.165, 1.54) is 25.2 Å². The van der Waals surface area contributed by atoms with Gasteiger partial charge in [0.25, 0.3) is 0 Å². The summed E-state index contributed by atoms with van der Waals surface area (Å²) >= 11 is 0. The Kier molecular flexibility index (Phi) is 3.13. The van der Waals surface area contributed by atoms with Gasteiger partial charge >= 0.3 is 0 Å². The van der Waals surface area contributed by atoms with Crippen molar-refractivity contribution in [3.05, 3.63) is 11.1 Å². The Hall–Kier alpha value is -0.790. The summed E-state index contributed by atoms with van der Waals surface area (Å²) in [4.78, 5) is 7.09. The quantitative estimate of drug-likeness (QED) is 0.646. The second-order valence-electron chi connectivity index (χ2n) is 4.66. The number of aliphatic imine (C=N–C) groups is 1. The van der Waals surface area contributed by atoms with Gasteiger partial charge in [0.2, 0.25) is 0 Å². The van der Waals surface area contributed by atoms with Crippen LogP contribution >= 0.6 is 0 Å². The molecule has 0 N–H and O–H groups in total. The smallest absolute Gasteiger partial charge is 0.0992 e. The van der Waals surface area contributed by atoms with Crippen molar-refractivity contribution in [3.8, 4) is 0 Å². The number of rotatable bonds is 4. The van der Waals surface area contributed by atoms with E-state index in [1.54, 1.807) is 11.1 Å². The average Bonchev–Trinajstić information content (AvgIpc) is 2.84. The van der Waals surface area contributed by atoms with Crippen molar-refractivity contribution in [2.45, 2.75) is 40.0 Å². The largest absolute Gasteiger partial charge is 0.361 e. The van der Waals surface area contributed by atoms with E-state index < -0.39 is 0 Å². The summed E-state index contributed by atoms with van der Waals surface area (Å²) in [5.74, 6) is 2.15. The fourth-order valence-electron chi connectivity index (χ4n) is 2.49. The first-order valence-electron chi connectivity index (χ1n) is 6.21. The van der Waals surface area contributed by atoms with Crippen LogP contribution in [0.15, 0.2) is 16.1 Å². The van der Waals surface area contributed by atoms with E-state index in [-0.39, 0.29) is 0 Å². The van der Waals surface area contributed by atoms with E-state index in [0.29, 0.717) is 0 Å². The van der Waals surface area contributed by atoms with Gasteiger partial charge in [-0.15, -0.1) is 0 Å². The molecule has 0 fully saturated rings. The van der Waals surface area contributed by atoms with Crippen LogP contribution in [0.3, 0.4) is 0 Å². The Morgan fingerprint density at radius 2 is 2.13 bits per heavy atom. The van der Waals surface area contributed by atoms with Crippen molar-refractivity contribution in [1.29, 1.82) is 0 Å². The topological polar surface area (TPSA) is 15.6 Å². The summed E-state index contributed by atoms with van der Waals surface area (Å²) in [5.41, 5.74) is 3.30. The van der Waals surface area contributed by atoms with Crippen LogP contribution < -0.4 is 0 Å². The molecule has 0 spiro atoms. The molecule has 1 aliphatic heterocycles. The molecule has 0 amide bonds. The molecule has 2 aliphatic rings. The highest BCUT2D eigenvalue weighted by atomic mass is 15.2. The van der Waals surface area contributed by atoms with Crippen molar-refractivity contribution in [3.63, 3.8) is 0 Å². The molecule has 0 saturated carbocycles. The lowest BCUT2D eigenvalue weighted by Crippen LogP contribution is -2.35. The van der Waals surface area contributed by atoms with Crippen LogP contribution in [0.4, 0.5) is 0 Å². The fraction of sp³-hybridized carbons (Fsp3) is 0.769. The van der Waals surface area contributed by atoms with E-state index in [9.17, 15) is 0 Å². The monoisotopic (exact) mass is 206 g/mol. The SMILES string of the molecule is CCN1CCCN=C1CCC1=C(C)C1C. The zero-order valence-electron chi connectivity index (χ0n) is 10.2. The molecule has 1 unspecified atom stereocenters. The van der Waals surface area contributed by atoms with Gasteiger partial charge in [0.05, 0.1) is 5.84 Å². The number of nitrogens with zero attached hydrogens (tertiary/aromatic N) is 2. The lowest BCUT2D eigenvalue weighted by Gasteiger charge is -2.28. The second kappa shape index (κ2) is 4.38. The van der Waals surface area contributed by atoms with Gasteiger partial charge in [0, 0.05) is 26.1 Å². The molecule has 0 bridgehead atoms. The molecule has 0 aromatic carbocycles. The third kappa shape index (κ3) is 2.24. The highest BCUT2D eigenvalue weighted by Crippen LogP contribution is 2.41. The molecule has 1 aliphatic carbocycles. The predicted molar refractivity (Wildman–Crippen MR) is 65.3 cm³/mol. The van der Waals surface area contributed by atoms with E-state index in [1.807, 2.05) is 0 Å². The van der Waals surface area contributed by atoms with E-state index >= 15 is 0 Å². The van der Waals surface area contributed by atoms with E-state index in [0.717, 1.165) is 25.4 Å².